The average Bonchev–Trinajstić information content (AvgIpc) is 3.28. The van der Waals surface area contributed by atoms with E-state index in [-0.39, 0.29) is 0 Å². The maximum absolute atomic E-state index is 4.00. The van der Waals surface area contributed by atoms with E-state index in [2.05, 4.69) is 69.1 Å². The number of nitrogens with one attached hydrogen (secondary N) is 1. The summed E-state index contributed by atoms with van der Waals surface area (Å²) in [5, 5.41) is 4.00. The summed E-state index contributed by atoms with van der Waals surface area (Å²) in [4.78, 5) is 0. The summed E-state index contributed by atoms with van der Waals surface area (Å²) in [5.74, 6) is 0.765. The molecule has 1 aliphatic rings. The van der Waals surface area contributed by atoms with E-state index in [1.54, 1.807) is 0 Å². The Labute approximate surface area is 137 Å². The Morgan fingerprint density at radius 2 is 1.91 bits per heavy atom. The van der Waals surface area contributed by atoms with Crippen LogP contribution in [0.15, 0.2) is 43.0 Å². The Morgan fingerprint density at radius 3 is 2.45 bits per heavy atom. The summed E-state index contributed by atoms with van der Waals surface area (Å²) >= 11 is 0. The van der Waals surface area contributed by atoms with Crippen molar-refractivity contribution in [3.8, 4) is 0 Å². The normalized spacial score (nSPS) is 20.1. The van der Waals surface area contributed by atoms with Crippen molar-refractivity contribution >= 4 is 0 Å². The fourth-order valence-electron chi connectivity index (χ4n) is 3.70. The summed E-state index contributed by atoms with van der Waals surface area (Å²) in [6.45, 7) is 11.0. The van der Waals surface area contributed by atoms with Gasteiger partial charge in [-0.15, -0.1) is 6.58 Å². The van der Waals surface area contributed by atoms with E-state index in [4.69, 9.17) is 0 Å². The molecular weight excluding hydrogens is 266 g/mol. The first-order chi connectivity index (χ1) is 10.6. The molecule has 1 aromatic carbocycles. The second kappa shape index (κ2) is 7.97. The van der Waals surface area contributed by atoms with E-state index in [0.29, 0.717) is 17.5 Å². The number of allylic oxidation sites excluding steroid dienone is 1. The monoisotopic (exact) mass is 299 g/mol. The molecule has 1 fully saturated rings. The molecule has 0 amide bonds. The predicted octanol–water partition coefficient (Wildman–Crippen LogP) is 5.89. The second-order valence-corrected chi connectivity index (χ2v) is 7.35. The highest BCUT2D eigenvalue weighted by molar-refractivity contribution is 5.19. The number of rotatable bonds is 10. The number of hydrogen-bond donors (Lipinski definition) is 1. The van der Waals surface area contributed by atoms with Crippen LogP contribution in [0.3, 0.4) is 0 Å². The quantitative estimate of drug-likeness (QED) is 0.531. The summed E-state index contributed by atoms with van der Waals surface area (Å²) in [7, 11) is 0. The topological polar surface area (TPSA) is 12.0 Å². The molecule has 1 unspecified atom stereocenters. The smallest absolute Gasteiger partial charge is 0.0294 e. The van der Waals surface area contributed by atoms with Crippen LogP contribution in [0.2, 0.25) is 0 Å². The lowest BCUT2D eigenvalue weighted by Crippen LogP contribution is -2.43. The molecule has 0 bridgehead atoms. The molecule has 122 valence electrons. The van der Waals surface area contributed by atoms with Gasteiger partial charge in [-0.25, -0.2) is 0 Å². The highest BCUT2D eigenvalue weighted by Gasteiger charge is 2.47. The van der Waals surface area contributed by atoms with Crippen LogP contribution < -0.4 is 5.32 Å². The van der Waals surface area contributed by atoms with Crippen molar-refractivity contribution in [2.24, 2.45) is 11.3 Å². The summed E-state index contributed by atoms with van der Waals surface area (Å²) in [6.07, 6.45) is 9.83. The van der Waals surface area contributed by atoms with Gasteiger partial charge in [-0.3, -0.25) is 0 Å². The molecule has 1 aromatic rings. The van der Waals surface area contributed by atoms with Crippen molar-refractivity contribution in [2.75, 3.05) is 0 Å². The Kier molecular flexibility index (Phi) is 6.26. The van der Waals surface area contributed by atoms with Crippen LogP contribution in [0.1, 0.15) is 70.9 Å². The third kappa shape index (κ3) is 4.46. The predicted molar refractivity (Wildman–Crippen MR) is 97.0 cm³/mol. The lowest BCUT2D eigenvalue weighted by atomic mass is 9.80. The third-order valence-corrected chi connectivity index (χ3v) is 5.39. The van der Waals surface area contributed by atoms with Gasteiger partial charge in [-0.2, -0.15) is 0 Å². The summed E-state index contributed by atoms with van der Waals surface area (Å²) in [6, 6.07) is 11.9. The van der Waals surface area contributed by atoms with Crippen LogP contribution in [0, 0.1) is 11.3 Å². The van der Waals surface area contributed by atoms with E-state index in [1.807, 2.05) is 0 Å². The fraction of sp³-hybridized carbons (Fsp3) is 0.619. The highest BCUT2D eigenvalue weighted by Crippen LogP contribution is 2.52. The molecule has 1 aliphatic carbocycles. The number of benzene rings is 1. The molecule has 2 rings (SSSR count). The minimum absolute atomic E-state index is 0.423. The molecule has 0 aromatic heterocycles. The molecule has 0 aliphatic heterocycles. The Morgan fingerprint density at radius 1 is 1.23 bits per heavy atom. The van der Waals surface area contributed by atoms with Crippen LogP contribution in [0.25, 0.3) is 0 Å². The van der Waals surface area contributed by atoms with Crippen LogP contribution in [-0.4, -0.2) is 6.04 Å². The lowest BCUT2D eigenvalue weighted by molar-refractivity contribution is 0.213. The van der Waals surface area contributed by atoms with Crippen LogP contribution in [0.4, 0.5) is 0 Å². The second-order valence-electron chi connectivity index (χ2n) is 7.35. The summed E-state index contributed by atoms with van der Waals surface area (Å²) in [5.41, 5.74) is 1.90. The summed E-state index contributed by atoms with van der Waals surface area (Å²) < 4.78 is 0. The number of hydrogen-bond acceptors (Lipinski definition) is 1. The van der Waals surface area contributed by atoms with Gasteiger partial charge in [0.15, 0.2) is 0 Å². The van der Waals surface area contributed by atoms with Crippen LogP contribution in [0.5, 0.6) is 0 Å². The van der Waals surface area contributed by atoms with Crippen molar-refractivity contribution in [2.45, 2.75) is 71.4 Å². The van der Waals surface area contributed by atoms with Crippen LogP contribution >= 0.6 is 0 Å². The van der Waals surface area contributed by atoms with Crippen molar-refractivity contribution in [1.82, 2.24) is 5.32 Å². The molecule has 1 nitrogen and oxygen atoms in total. The molecule has 0 radical (unpaired) electrons. The Balaban J connectivity index is 2.09. The fourth-order valence-corrected chi connectivity index (χ4v) is 3.70. The molecule has 1 N–H and O–H groups in total. The third-order valence-electron chi connectivity index (χ3n) is 5.39. The maximum atomic E-state index is 4.00. The maximum Gasteiger partial charge on any atom is 0.0294 e. The first-order valence-corrected chi connectivity index (χ1v) is 9.02. The van der Waals surface area contributed by atoms with Crippen molar-refractivity contribution in [3.05, 3.63) is 48.6 Å². The zero-order valence-electron chi connectivity index (χ0n) is 14.6. The van der Waals surface area contributed by atoms with Gasteiger partial charge in [-0.1, -0.05) is 56.7 Å². The SMILES string of the molecule is C=CCCC(CCC)[C@@H](N[C@H](C)c1ccccc1)C1(C)CC1. The van der Waals surface area contributed by atoms with Gasteiger partial charge in [-0.05, 0) is 55.9 Å². The molecule has 1 heteroatoms. The van der Waals surface area contributed by atoms with E-state index < -0.39 is 0 Å². The minimum Gasteiger partial charge on any atom is -0.307 e. The zero-order valence-corrected chi connectivity index (χ0v) is 14.6. The largest absolute Gasteiger partial charge is 0.307 e. The first-order valence-electron chi connectivity index (χ1n) is 9.02. The molecule has 0 heterocycles. The highest BCUT2D eigenvalue weighted by atomic mass is 15.0. The van der Waals surface area contributed by atoms with Crippen molar-refractivity contribution in [1.29, 1.82) is 0 Å². The Bertz CT molecular complexity index is 446. The van der Waals surface area contributed by atoms with E-state index in [1.165, 1.54) is 37.7 Å². The van der Waals surface area contributed by atoms with E-state index >= 15 is 0 Å². The average molecular weight is 300 g/mol. The van der Waals surface area contributed by atoms with Gasteiger partial charge < -0.3 is 5.32 Å². The van der Waals surface area contributed by atoms with Gasteiger partial charge >= 0.3 is 0 Å². The van der Waals surface area contributed by atoms with Crippen LogP contribution in [-0.2, 0) is 0 Å². The lowest BCUT2D eigenvalue weighted by Gasteiger charge is -2.35. The van der Waals surface area contributed by atoms with E-state index in [0.717, 1.165) is 12.3 Å². The van der Waals surface area contributed by atoms with Gasteiger partial charge in [0.1, 0.15) is 0 Å². The molecule has 22 heavy (non-hydrogen) atoms. The molecule has 3 atom stereocenters. The molecule has 0 saturated heterocycles. The van der Waals surface area contributed by atoms with Gasteiger partial charge in [0.2, 0.25) is 0 Å². The van der Waals surface area contributed by atoms with Crippen molar-refractivity contribution in [3.63, 3.8) is 0 Å². The van der Waals surface area contributed by atoms with Gasteiger partial charge in [0, 0.05) is 12.1 Å². The zero-order chi connectivity index (χ0) is 16.0. The molecule has 0 spiro atoms. The van der Waals surface area contributed by atoms with Crippen molar-refractivity contribution < 1.29 is 0 Å². The van der Waals surface area contributed by atoms with Gasteiger partial charge in [0.05, 0.1) is 0 Å². The molecular formula is C21H33N. The van der Waals surface area contributed by atoms with E-state index in [9.17, 15) is 0 Å². The Hall–Kier alpha value is -1.08. The minimum atomic E-state index is 0.423. The van der Waals surface area contributed by atoms with Gasteiger partial charge in [0.25, 0.3) is 0 Å². The molecule has 1 saturated carbocycles. The first kappa shape index (κ1) is 17.3. The standard InChI is InChI=1S/C21H33N/c1-5-7-12-19(11-6-2)20(21(4)15-16-21)22-17(3)18-13-9-8-10-14-18/h5,8-10,13-14,17,19-20,22H,1,6-7,11-12,15-16H2,2-4H3/t17-,19?,20-/m1/s1.